The number of aromatic nitrogens is 5. The van der Waals surface area contributed by atoms with Crippen molar-refractivity contribution < 1.29 is 9.18 Å². The lowest BCUT2D eigenvalue weighted by molar-refractivity contribution is 0.204. The Kier molecular flexibility index (Phi) is 4.80. The maximum atomic E-state index is 13.7. The number of pyridine rings is 1. The standard InChI is InChI=1S/C22H24FN7O/c1-29(2)22(31)27-15-4-3-5-16(9-15)30-7-6-13-10-24-20(28-21(13)30)18-12-26-19-17(18)8-14(23)11-25-19/h6-8,10-12,15-16H,3-5,9H2,1-2H3,(H,25,26)(H,27,31)/t15-,16-/m0/s1. The molecular weight excluding hydrogens is 397 g/mol. The topological polar surface area (TPSA) is 91.7 Å². The Labute approximate surface area is 178 Å². The van der Waals surface area contributed by atoms with Crippen LogP contribution in [0.3, 0.4) is 0 Å². The molecule has 4 aromatic rings. The van der Waals surface area contributed by atoms with Crippen molar-refractivity contribution >= 4 is 28.1 Å². The SMILES string of the molecule is CN(C)C(=O)N[C@H]1CCC[C@H](n2ccc3cnc(-c4c[nH]c5ncc(F)cc45)nc32)C1. The third kappa shape index (κ3) is 3.60. The van der Waals surface area contributed by atoms with E-state index in [1.54, 1.807) is 31.4 Å². The molecule has 2 N–H and O–H groups in total. The summed E-state index contributed by atoms with van der Waals surface area (Å²) in [6.07, 6.45) is 10.7. The highest BCUT2D eigenvalue weighted by molar-refractivity contribution is 5.92. The average Bonchev–Trinajstić information content (AvgIpc) is 3.37. The molecule has 2 amide bonds. The van der Waals surface area contributed by atoms with Gasteiger partial charge in [0.05, 0.1) is 6.20 Å². The van der Waals surface area contributed by atoms with Crippen LogP contribution in [0.4, 0.5) is 9.18 Å². The van der Waals surface area contributed by atoms with E-state index in [0.717, 1.165) is 42.3 Å². The molecule has 8 nitrogen and oxygen atoms in total. The number of H-pyrrole nitrogens is 1. The lowest BCUT2D eigenvalue weighted by atomic mass is 9.91. The summed E-state index contributed by atoms with van der Waals surface area (Å²) in [5, 5.41) is 4.72. The first-order valence-corrected chi connectivity index (χ1v) is 10.4. The van der Waals surface area contributed by atoms with Crippen molar-refractivity contribution in [2.24, 2.45) is 0 Å². The summed E-state index contributed by atoms with van der Waals surface area (Å²) in [6.45, 7) is 0. The molecule has 1 fully saturated rings. The minimum atomic E-state index is -0.397. The number of amides is 2. The fourth-order valence-electron chi connectivity index (χ4n) is 4.38. The number of nitrogens with zero attached hydrogens (tertiary/aromatic N) is 5. The van der Waals surface area contributed by atoms with Crippen LogP contribution in [0.1, 0.15) is 31.7 Å². The van der Waals surface area contributed by atoms with Crippen LogP contribution in [0.2, 0.25) is 0 Å². The van der Waals surface area contributed by atoms with Gasteiger partial charge in [0.15, 0.2) is 5.82 Å². The second-order valence-electron chi connectivity index (χ2n) is 8.31. The van der Waals surface area contributed by atoms with Crippen molar-refractivity contribution in [1.29, 1.82) is 0 Å². The van der Waals surface area contributed by atoms with Crippen molar-refractivity contribution in [1.82, 2.24) is 34.7 Å². The van der Waals surface area contributed by atoms with Gasteiger partial charge in [-0.1, -0.05) is 0 Å². The number of hydrogen-bond donors (Lipinski definition) is 2. The van der Waals surface area contributed by atoms with Crippen LogP contribution in [-0.2, 0) is 0 Å². The van der Waals surface area contributed by atoms with Crippen molar-refractivity contribution in [3.8, 4) is 11.4 Å². The first-order valence-electron chi connectivity index (χ1n) is 10.4. The second kappa shape index (κ2) is 7.64. The number of nitrogens with one attached hydrogen (secondary N) is 2. The van der Waals surface area contributed by atoms with Crippen LogP contribution >= 0.6 is 0 Å². The molecule has 1 aliphatic carbocycles. The van der Waals surface area contributed by atoms with E-state index in [-0.39, 0.29) is 18.1 Å². The molecule has 31 heavy (non-hydrogen) atoms. The number of rotatable bonds is 3. The average molecular weight is 421 g/mol. The molecule has 4 aromatic heterocycles. The van der Waals surface area contributed by atoms with Gasteiger partial charge in [-0.25, -0.2) is 24.1 Å². The van der Waals surface area contributed by atoms with Crippen molar-refractivity contribution in [3.05, 3.63) is 42.7 Å². The predicted molar refractivity (Wildman–Crippen MR) is 116 cm³/mol. The van der Waals surface area contributed by atoms with E-state index in [4.69, 9.17) is 4.98 Å². The van der Waals surface area contributed by atoms with Gasteiger partial charge in [0.1, 0.15) is 17.1 Å². The highest BCUT2D eigenvalue weighted by atomic mass is 19.1. The number of fused-ring (bicyclic) bond motifs is 2. The molecule has 1 saturated carbocycles. The highest BCUT2D eigenvalue weighted by Gasteiger charge is 2.26. The number of halogens is 1. The fraction of sp³-hybridized carbons (Fsp3) is 0.364. The van der Waals surface area contributed by atoms with Gasteiger partial charge in [-0.15, -0.1) is 0 Å². The monoisotopic (exact) mass is 421 g/mol. The van der Waals surface area contributed by atoms with Crippen molar-refractivity contribution in [2.75, 3.05) is 14.1 Å². The Bertz CT molecular complexity index is 1260. The number of carbonyl (C=O) groups is 1. The van der Waals surface area contributed by atoms with E-state index in [1.807, 2.05) is 12.3 Å². The summed E-state index contributed by atoms with van der Waals surface area (Å²) in [5.41, 5.74) is 2.16. The Morgan fingerprint density at radius 1 is 1.29 bits per heavy atom. The molecule has 0 radical (unpaired) electrons. The van der Waals surface area contributed by atoms with Gasteiger partial charge in [0.25, 0.3) is 0 Å². The third-order valence-electron chi connectivity index (χ3n) is 5.97. The predicted octanol–water partition coefficient (Wildman–Crippen LogP) is 3.87. The number of hydrogen-bond acceptors (Lipinski definition) is 4. The van der Waals surface area contributed by atoms with Gasteiger partial charge in [-0.2, -0.15) is 0 Å². The highest BCUT2D eigenvalue weighted by Crippen LogP contribution is 2.33. The summed E-state index contributed by atoms with van der Waals surface area (Å²) in [7, 11) is 3.50. The maximum absolute atomic E-state index is 13.7. The smallest absolute Gasteiger partial charge is 0.317 e. The van der Waals surface area contributed by atoms with Crippen LogP contribution < -0.4 is 5.32 Å². The second-order valence-corrected chi connectivity index (χ2v) is 8.31. The normalized spacial score (nSPS) is 19.1. The van der Waals surface area contributed by atoms with Gasteiger partial charge in [0.2, 0.25) is 0 Å². The van der Waals surface area contributed by atoms with E-state index >= 15 is 0 Å². The summed E-state index contributed by atoms with van der Waals surface area (Å²) in [6, 6.07) is 3.77. The molecular formula is C22H24FN7O. The molecule has 2 atom stereocenters. The summed E-state index contributed by atoms with van der Waals surface area (Å²) < 4.78 is 15.9. The first kappa shape index (κ1) is 19.5. The molecule has 0 spiro atoms. The van der Waals surface area contributed by atoms with E-state index in [2.05, 4.69) is 24.8 Å². The maximum Gasteiger partial charge on any atom is 0.317 e. The molecule has 0 unspecified atom stereocenters. The molecule has 9 heteroatoms. The largest absolute Gasteiger partial charge is 0.345 e. The van der Waals surface area contributed by atoms with Crippen LogP contribution in [0.25, 0.3) is 33.5 Å². The zero-order chi connectivity index (χ0) is 21.5. The first-order chi connectivity index (χ1) is 15.0. The Balaban J connectivity index is 1.48. The van der Waals surface area contributed by atoms with Gasteiger partial charge in [-0.3, -0.25) is 0 Å². The molecule has 0 aromatic carbocycles. The van der Waals surface area contributed by atoms with E-state index in [1.165, 1.54) is 12.3 Å². The van der Waals surface area contributed by atoms with E-state index < -0.39 is 5.82 Å². The van der Waals surface area contributed by atoms with Gasteiger partial charge in [-0.05, 0) is 37.8 Å². The Hall–Kier alpha value is -3.49. The lowest BCUT2D eigenvalue weighted by Crippen LogP contribution is -2.43. The quantitative estimate of drug-likeness (QED) is 0.525. The van der Waals surface area contributed by atoms with Gasteiger partial charge >= 0.3 is 6.03 Å². The van der Waals surface area contributed by atoms with Gasteiger partial charge < -0.3 is 19.8 Å². The third-order valence-corrected chi connectivity index (χ3v) is 5.97. The summed E-state index contributed by atoms with van der Waals surface area (Å²) in [4.78, 5) is 30.1. The van der Waals surface area contributed by atoms with Crippen LogP contribution in [0, 0.1) is 5.82 Å². The molecule has 160 valence electrons. The minimum absolute atomic E-state index is 0.0622. The van der Waals surface area contributed by atoms with Crippen molar-refractivity contribution in [2.45, 2.75) is 37.8 Å². The minimum Gasteiger partial charge on any atom is -0.345 e. The van der Waals surface area contributed by atoms with Crippen LogP contribution in [-0.4, -0.2) is 55.6 Å². The summed E-state index contributed by atoms with van der Waals surface area (Å²) in [5.74, 6) is 0.130. The number of aromatic amines is 1. The van der Waals surface area contributed by atoms with Crippen molar-refractivity contribution in [3.63, 3.8) is 0 Å². The van der Waals surface area contributed by atoms with E-state index in [0.29, 0.717) is 16.9 Å². The fourth-order valence-corrected chi connectivity index (χ4v) is 4.38. The Morgan fingerprint density at radius 2 is 2.16 bits per heavy atom. The molecule has 1 aliphatic rings. The zero-order valence-corrected chi connectivity index (χ0v) is 17.5. The molecule has 4 heterocycles. The van der Waals surface area contributed by atoms with Crippen LogP contribution in [0.15, 0.2) is 36.9 Å². The molecule has 0 aliphatic heterocycles. The lowest BCUT2D eigenvalue weighted by Gasteiger charge is -2.31. The molecule has 5 rings (SSSR count). The number of urea groups is 1. The molecule has 0 saturated heterocycles. The molecule has 0 bridgehead atoms. The van der Waals surface area contributed by atoms with E-state index in [9.17, 15) is 9.18 Å². The zero-order valence-electron chi connectivity index (χ0n) is 17.5. The Morgan fingerprint density at radius 3 is 3.00 bits per heavy atom. The number of carbonyl (C=O) groups excluding carboxylic acids is 1. The summed E-state index contributed by atoms with van der Waals surface area (Å²) >= 11 is 0. The van der Waals surface area contributed by atoms with Gasteiger partial charge in [0, 0.05) is 61.1 Å². The van der Waals surface area contributed by atoms with Crippen LogP contribution in [0.5, 0.6) is 0 Å².